The zero-order valence-electron chi connectivity index (χ0n) is 18.5. The average Bonchev–Trinajstić information content (AvgIpc) is 3.02. The van der Waals surface area contributed by atoms with Crippen LogP contribution in [0.2, 0.25) is 0 Å². The van der Waals surface area contributed by atoms with Crippen molar-refractivity contribution >= 4 is 28.3 Å². The van der Waals surface area contributed by atoms with Gasteiger partial charge in [0.2, 0.25) is 5.91 Å². The van der Waals surface area contributed by atoms with Crippen LogP contribution in [0.25, 0.3) is 22.2 Å². The van der Waals surface area contributed by atoms with Crippen LogP contribution >= 0.6 is 0 Å². The van der Waals surface area contributed by atoms with Crippen LogP contribution in [-0.2, 0) is 16.6 Å². The van der Waals surface area contributed by atoms with Gasteiger partial charge >= 0.3 is 6.18 Å². The van der Waals surface area contributed by atoms with Crippen LogP contribution in [0.4, 0.5) is 24.7 Å². The second-order valence-corrected chi connectivity index (χ2v) is 8.07. The maximum atomic E-state index is 13.5. The number of rotatable bonds is 5. The number of nitrogens with zero attached hydrogens (tertiary/aromatic N) is 5. The van der Waals surface area contributed by atoms with Crippen LogP contribution < -0.4 is 15.8 Å². The van der Waals surface area contributed by atoms with E-state index in [9.17, 15) is 22.8 Å². The second kappa shape index (κ2) is 8.18. The van der Waals surface area contributed by atoms with Crippen molar-refractivity contribution in [3.8, 4) is 11.3 Å². The first-order valence-electron chi connectivity index (χ1n) is 10.2. The van der Waals surface area contributed by atoms with Crippen LogP contribution in [0.5, 0.6) is 0 Å². The SMILES string of the molecule is COC1CN(c2cc(-c3cn(C)c4cnc(NC(C)=O)cc34)nn(C(C)C(F)(F)F)c2=O)C1. The summed E-state index contributed by atoms with van der Waals surface area (Å²) in [5, 5.41) is 7.33. The van der Waals surface area contributed by atoms with E-state index >= 15 is 0 Å². The second-order valence-electron chi connectivity index (χ2n) is 8.07. The van der Waals surface area contributed by atoms with Crippen molar-refractivity contribution in [1.29, 1.82) is 0 Å². The molecule has 4 rings (SSSR count). The number of hydrogen-bond acceptors (Lipinski definition) is 6. The summed E-state index contributed by atoms with van der Waals surface area (Å²) in [6.45, 7) is 3.03. The van der Waals surface area contributed by atoms with Crippen molar-refractivity contribution in [2.75, 3.05) is 30.4 Å². The summed E-state index contributed by atoms with van der Waals surface area (Å²) in [4.78, 5) is 30.3. The molecule has 0 radical (unpaired) electrons. The number of nitrogens with one attached hydrogen (secondary N) is 1. The van der Waals surface area contributed by atoms with Crippen LogP contribution in [0.1, 0.15) is 19.9 Å². The minimum Gasteiger partial charge on any atom is -0.378 e. The molecular formula is C21H23F3N6O3. The van der Waals surface area contributed by atoms with Crippen molar-refractivity contribution in [3.63, 3.8) is 0 Å². The highest BCUT2D eigenvalue weighted by atomic mass is 19.4. The van der Waals surface area contributed by atoms with Gasteiger partial charge in [0.25, 0.3) is 5.56 Å². The van der Waals surface area contributed by atoms with Gasteiger partial charge in [0, 0.05) is 51.3 Å². The van der Waals surface area contributed by atoms with Gasteiger partial charge in [-0.15, -0.1) is 0 Å². The molecule has 3 aromatic heterocycles. The number of ether oxygens (including phenoxy) is 1. The minimum atomic E-state index is -4.65. The Labute approximate surface area is 186 Å². The number of carbonyl (C=O) groups excluding carboxylic acids is 1. The molecule has 1 saturated heterocycles. The number of aryl methyl sites for hydroxylation is 1. The molecule has 1 aliphatic heterocycles. The number of pyridine rings is 1. The van der Waals surface area contributed by atoms with E-state index in [1.54, 1.807) is 42.1 Å². The Balaban J connectivity index is 1.91. The first kappa shape index (κ1) is 22.8. The number of fused-ring (bicyclic) bond motifs is 1. The number of alkyl halides is 3. The molecule has 0 aliphatic carbocycles. The van der Waals surface area contributed by atoms with Crippen LogP contribution in [-0.4, -0.2) is 57.7 Å². The third kappa shape index (κ3) is 4.17. The molecule has 176 valence electrons. The Morgan fingerprint density at radius 2 is 2.00 bits per heavy atom. The summed E-state index contributed by atoms with van der Waals surface area (Å²) in [5.74, 6) is -0.0110. The van der Waals surface area contributed by atoms with E-state index in [-0.39, 0.29) is 23.4 Å². The van der Waals surface area contributed by atoms with Gasteiger partial charge in [-0.25, -0.2) is 9.67 Å². The molecule has 3 aromatic rings. The highest BCUT2D eigenvalue weighted by molar-refractivity contribution is 5.98. The highest BCUT2D eigenvalue weighted by Gasteiger charge is 2.40. The third-order valence-corrected chi connectivity index (χ3v) is 5.73. The lowest BCUT2D eigenvalue weighted by Crippen LogP contribution is -2.54. The van der Waals surface area contributed by atoms with Crippen molar-refractivity contribution in [3.05, 3.63) is 34.9 Å². The van der Waals surface area contributed by atoms with Gasteiger partial charge in [0.1, 0.15) is 17.5 Å². The molecule has 1 atom stereocenters. The quantitative estimate of drug-likeness (QED) is 0.624. The summed E-state index contributed by atoms with van der Waals surface area (Å²) in [6, 6.07) is 1.01. The number of methoxy groups -OCH3 is 1. The van der Waals surface area contributed by atoms with Gasteiger partial charge in [-0.1, -0.05) is 0 Å². The predicted octanol–water partition coefficient (Wildman–Crippen LogP) is 2.71. The third-order valence-electron chi connectivity index (χ3n) is 5.73. The number of aromatic nitrogens is 4. The lowest BCUT2D eigenvalue weighted by molar-refractivity contribution is -0.166. The lowest BCUT2D eigenvalue weighted by Gasteiger charge is -2.39. The smallest absolute Gasteiger partial charge is 0.378 e. The van der Waals surface area contributed by atoms with Gasteiger partial charge in [-0.2, -0.15) is 18.3 Å². The van der Waals surface area contributed by atoms with Gasteiger partial charge in [-0.3, -0.25) is 9.59 Å². The van der Waals surface area contributed by atoms with E-state index in [1.807, 2.05) is 0 Å². The minimum absolute atomic E-state index is 0.0988. The Morgan fingerprint density at radius 3 is 2.61 bits per heavy atom. The molecule has 4 heterocycles. The monoisotopic (exact) mass is 464 g/mol. The van der Waals surface area contributed by atoms with E-state index in [0.29, 0.717) is 40.1 Å². The summed E-state index contributed by atoms with van der Waals surface area (Å²) in [6.07, 6.45) is -1.49. The van der Waals surface area contributed by atoms with Crippen molar-refractivity contribution < 1.29 is 22.7 Å². The zero-order chi connectivity index (χ0) is 24.1. The molecule has 0 saturated carbocycles. The van der Waals surface area contributed by atoms with Crippen LogP contribution in [0, 0.1) is 0 Å². The van der Waals surface area contributed by atoms with Crippen molar-refractivity contribution in [1.82, 2.24) is 19.3 Å². The standard InChI is InChI=1S/C21H23F3N6O3/c1-11(21(22,23)24)30-20(32)17(29-8-13(9-29)33-4)6-16(27-30)15-10-28(3)18-7-25-19(5-14(15)18)26-12(2)31/h5-7,10-11,13H,8-9H2,1-4H3,(H,25,26,31). The van der Waals surface area contributed by atoms with E-state index in [1.165, 1.54) is 13.0 Å². The highest BCUT2D eigenvalue weighted by Crippen LogP contribution is 2.34. The van der Waals surface area contributed by atoms with E-state index in [0.717, 1.165) is 6.92 Å². The maximum Gasteiger partial charge on any atom is 0.410 e. The fourth-order valence-corrected chi connectivity index (χ4v) is 3.77. The van der Waals surface area contributed by atoms with E-state index in [2.05, 4.69) is 15.4 Å². The molecule has 0 spiro atoms. The van der Waals surface area contributed by atoms with Gasteiger partial charge < -0.3 is 19.5 Å². The molecule has 1 amide bonds. The molecule has 0 bridgehead atoms. The largest absolute Gasteiger partial charge is 0.410 e. The fourth-order valence-electron chi connectivity index (χ4n) is 3.77. The predicted molar refractivity (Wildman–Crippen MR) is 116 cm³/mol. The van der Waals surface area contributed by atoms with Crippen molar-refractivity contribution in [2.24, 2.45) is 7.05 Å². The molecule has 9 nitrogen and oxygen atoms in total. The van der Waals surface area contributed by atoms with Crippen LogP contribution in [0.15, 0.2) is 29.3 Å². The normalized spacial score (nSPS) is 15.5. The Morgan fingerprint density at radius 1 is 1.30 bits per heavy atom. The van der Waals surface area contributed by atoms with Gasteiger partial charge in [0.05, 0.1) is 23.5 Å². The average molecular weight is 464 g/mol. The molecule has 33 heavy (non-hydrogen) atoms. The molecule has 0 aromatic carbocycles. The first-order valence-corrected chi connectivity index (χ1v) is 10.2. The number of anilines is 2. The number of amides is 1. The molecule has 1 fully saturated rings. The zero-order valence-corrected chi connectivity index (χ0v) is 18.5. The molecule has 1 aliphatic rings. The molecule has 1 unspecified atom stereocenters. The Kier molecular flexibility index (Phi) is 5.64. The van der Waals surface area contributed by atoms with E-state index in [4.69, 9.17) is 4.74 Å². The number of hydrogen-bond donors (Lipinski definition) is 1. The molecule has 12 heteroatoms. The maximum absolute atomic E-state index is 13.5. The fraction of sp³-hybridized carbons (Fsp3) is 0.429. The van der Waals surface area contributed by atoms with Gasteiger partial charge in [-0.05, 0) is 19.1 Å². The number of carbonyl (C=O) groups is 1. The van der Waals surface area contributed by atoms with E-state index < -0.39 is 17.8 Å². The molecular weight excluding hydrogens is 441 g/mol. The Bertz CT molecular complexity index is 1280. The van der Waals surface area contributed by atoms with Gasteiger partial charge in [0.15, 0.2) is 0 Å². The summed E-state index contributed by atoms with van der Waals surface area (Å²) in [7, 11) is 3.31. The number of halogens is 3. The Hall–Kier alpha value is -3.41. The lowest BCUT2D eigenvalue weighted by atomic mass is 10.1. The summed E-state index contributed by atoms with van der Waals surface area (Å²) in [5.41, 5.74) is 0.700. The van der Waals surface area contributed by atoms with Crippen LogP contribution in [0.3, 0.4) is 0 Å². The van der Waals surface area contributed by atoms with Crippen molar-refractivity contribution in [2.45, 2.75) is 32.2 Å². The first-order chi connectivity index (χ1) is 15.5. The summed E-state index contributed by atoms with van der Waals surface area (Å²) >= 11 is 0. The molecule has 1 N–H and O–H groups in total. The topological polar surface area (TPSA) is 94.3 Å². The summed E-state index contributed by atoms with van der Waals surface area (Å²) < 4.78 is 48.1.